The number of ether oxygens (including phenoxy) is 1. The first-order valence-corrected chi connectivity index (χ1v) is 6.91. The summed E-state index contributed by atoms with van der Waals surface area (Å²) in [5, 5.41) is 0. The monoisotopic (exact) mass is 262 g/mol. The molecule has 3 atom stereocenters. The molecule has 3 unspecified atom stereocenters. The van der Waals surface area contributed by atoms with Crippen molar-refractivity contribution in [2.75, 3.05) is 13.2 Å². The molecule has 0 amide bonds. The molecule has 0 radical (unpaired) electrons. The molecule has 0 bridgehead atoms. The van der Waals surface area contributed by atoms with E-state index in [0.29, 0.717) is 6.61 Å². The summed E-state index contributed by atoms with van der Waals surface area (Å²) in [5.41, 5.74) is -0.0778. The standard InChI is InChI=1S/C15H28F2O/c1-14(2,3)11-7-8-18-9-10(13(16)17)12(11)15(4,5)6/h10-13H,7-9H2,1-6H3. The summed E-state index contributed by atoms with van der Waals surface area (Å²) in [4.78, 5) is 0. The van der Waals surface area contributed by atoms with Gasteiger partial charge in [0.15, 0.2) is 0 Å². The summed E-state index contributed by atoms with van der Waals surface area (Å²) < 4.78 is 32.2. The zero-order chi connectivity index (χ0) is 14.1. The van der Waals surface area contributed by atoms with Gasteiger partial charge >= 0.3 is 0 Å². The topological polar surface area (TPSA) is 9.23 Å². The van der Waals surface area contributed by atoms with Crippen LogP contribution in [-0.4, -0.2) is 19.6 Å². The molecule has 1 fully saturated rings. The van der Waals surface area contributed by atoms with Crippen molar-refractivity contribution >= 4 is 0 Å². The van der Waals surface area contributed by atoms with Gasteiger partial charge in [0.1, 0.15) is 0 Å². The van der Waals surface area contributed by atoms with Crippen molar-refractivity contribution in [2.45, 2.75) is 54.4 Å². The number of hydrogen-bond acceptors (Lipinski definition) is 1. The maximum absolute atomic E-state index is 13.4. The van der Waals surface area contributed by atoms with Gasteiger partial charge in [-0.25, -0.2) is 8.78 Å². The minimum Gasteiger partial charge on any atom is -0.381 e. The van der Waals surface area contributed by atoms with Gasteiger partial charge in [-0.05, 0) is 29.1 Å². The molecule has 0 spiro atoms. The Morgan fingerprint density at radius 1 is 1.00 bits per heavy atom. The third-order valence-corrected chi connectivity index (χ3v) is 4.21. The lowest BCUT2D eigenvalue weighted by molar-refractivity contribution is -0.0558. The molecule has 1 nitrogen and oxygen atoms in total. The smallest absolute Gasteiger partial charge is 0.243 e. The first kappa shape index (κ1) is 15.9. The molecule has 1 heterocycles. The minimum atomic E-state index is -2.29. The highest BCUT2D eigenvalue weighted by Gasteiger charge is 2.47. The van der Waals surface area contributed by atoms with Gasteiger partial charge in [-0.1, -0.05) is 41.5 Å². The summed E-state index contributed by atoms with van der Waals surface area (Å²) in [6.45, 7) is 13.5. The molecule has 108 valence electrons. The van der Waals surface area contributed by atoms with Crippen LogP contribution in [0.2, 0.25) is 0 Å². The van der Waals surface area contributed by atoms with E-state index in [0.717, 1.165) is 6.42 Å². The van der Waals surface area contributed by atoms with Gasteiger partial charge in [0.05, 0.1) is 6.61 Å². The van der Waals surface area contributed by atoms with Crippen molar-refractivity contribution in [3.63, 3.8) is 0 Å². The predicted molar refractivity (Wildman–Crippen MR) is 70.8 cm³/mol. The number of alkyl halides is 2. The molecule has 0 aromatic heterocycles. The number of rotatable bonds is 1. The van der Waals surface area contributed by atoms with Crippen molar-refractivity contribution in [1.82, 2.24) is 0 Å². The van der Waals surface area contributed by atoms with E-state index >= 15 is 0 Å². The van der Waals surface area contributed by atoms with Crippen LogP contribution in [0.5, 0.6) is 0 Å². The third-order valence-electron chi connectivity index (χ3n) is 4.21. The van der Waals surface area contributed by atoms with Crippen LogP contribution in [0.3, 0.4) is 0 Å². The van der Waals surface area contributed by atoms with E-state index in [9.17, 15) is 8.78 Å². The van der Waals surface area contributed by atoms with Crippen molar-refractivity contribution in [1.29, 1.82) is 0 Å². The molecule has 0 N–H and O–H groups in total. The Labute approximate surface area is 110 Å². The van der Waals surface area contributed by atoms with Gasteiger partial charge < -0.3 is 4.74 Å². The molecule has 1 saturated heterocycles. The minimum absolute atomic E-state index is 0.000000000000000666. The second-order valence-electron chi connectivity index (χ2n) is 7.73. The summed E-state index contributed by atoms with van der Waals surface area (Å²) in [6, 6.07) is 0. The van der Waals surface area contributed by atoms with E-state index in [1.807, 2.05) is 0 Å². The highest BCUT2D eigenvalue weighted by Crippen LogP contribution is 2.49. The van der Waals surface area contributed by atoms with Crippen LogP contribution in [0.15, 0.2) is 0 Å². The zero-order valence-corrected chi connectivity index (χ0v) is 12.6. The Morgan fingerprint density at radius 2 is 1.56 bits per heavy atom. The summed E-state index contributed by atoms with van der Waals surface area (Å²) in [7, 11) is 0. The van der Waals surface area contributed by atoms with Crippen LogP contribution in [0.1, 0.15) is 48.0 Å². The van der Waals surface area contributed by atoms with Gasteiger partial charge in [0.2, 0.25) is 6.43 Å². The normalized spacial score (nSPS) is 31.5. The van der Waals surface area contributed by atoms with Crippen molar-refractivity contribution in [3.8, 4) is 0 Å². The lowest BCUT2D eigenvalue weighted by Crippen LogP contribution is -2.43. The average Bonchev–Trinajstić information content (AvgIpc) is 2.36. The maximum Gasteiger partial charge on any atom is 0.243 e. The fourth-order valence-corrected chi connectivity index (χ4v) is 3.46. The Balaban J connectivity index is 3.13. The van der Waals surface area contributed by atoms with Crippen LogP contribution >= 0.6 is 0 Å². The highest BCUT2D eigenvalue weighted by atomic mass is 19.3. The Hall–Kier alpha value is -0.180. The maximum atomic E-state index is 13.4. The molecule has 3 heteroatoms. The fraction of sp³-hybridized carbons (Fsp3) is 1.00. The van der Waals surface area contributed by atoms with E-state index in [4.69, 9.17) is 4.74 Å². The molecule has 1 aliphatic heterocycles. The van der Waals surface area contributed by atoms with Gasteiger partial charge in [-0.3, -0.25) is 0 Å². The predicted octanol–water partition coefficient (Wildman–Crippen LogP) is 4.61. The Bertz CT molecular complexity index is 263. The Morgan fingerprint density at radius 3 is 1.94 bits per heavy atom. The lowest BCUT2D eigenvalue weighted by atomic mass is 9.59. The largest absolute Gasteiger partial charge is 0.381 e. The molecular weight excluding hydrogens is 234 g/mol. The number of hydrogen-bond donors (Lipinski definition) is 0. The SMILES string of the molecule is CC(C)(C)C1CCOCC(C(F)F)C1C(C)(C)C. The third kappa shape index (κ3) is 3.66. The van der Waals surface area contributed by atoms with Crippen molar-refractivity contribution in [2.24, 2.45) is 28.6 Å². The summed E-state index contributed by atoms with van der Waals surface area (Å²) in [5.74, 6) is -0.365. The van der Waals surface area contributed by atoms with Gasteiger partial charge in [-0.2, -0.15) is 0 Å². The van der Waals surface area contributed by atoms with Crippen LogP contribution in [-0.2, 0) is 4.74 Å². The van der Waals surface area contributed by atoms with E-state index in [1.54, 1.807) is 0 Å². The van der Waals surface area contributed by atoms with Crippen LogP contribution in [0.25, 0.3) is 0 Å². The molecule has 0 aliphatic carbocycles. The van der Waals surface area contributed by atoms with Crippen molar-refractivity contribution < 1.29 is 13.5 Å². The second-order valence-corrected chi connectivity index (χ2v) is 7.73. The molecule has 0 aromatic carbocycles. The summed E-state index contributed by atoms with van der Waals surface area (Å²) in [6.07, 6.45) is -1.41. The molecule has 18 heavy (non-hydrogen) atoms. The van der Waals surface area contributed by atoms with Crippen LogP contribution in [0, 0.1) is 28.6 Å². The zero-order valence-electron chi connectivity index (χ0n) is 12.6. The van der Waals surface area contributed by atoms with Gasteiger partial charge in [0.25, 0.3) is 0 Å². The van der Waals surface area contributed by atoms with Gasteiger partial charge in [-0.15, -0.1) is 0 Å². The summed E-state index contributed by atoms with van der Waals surface area (Å²) >= 11 is 0. The molecule has 0 aromatic rings. The quantitative estimate of drug-likeness (QED) is 0.670. The van der Waals surface area contributed by atoms with Gasteiger partial charge in [0, 0.05) is 12.5 Å². The van der Waals surface area contributed by atoms with E-state index in [-0.39, 0.29) is 29.3 Å². The van der Waals surface area contributed by atoms with E-state index in [2.05, 4.69) is 41.5 Å². The average molecular weight is 262 g/mol. The first-order valence-electron chi connectivity index (χ1n) is 6.91. The van der Waals surface area contributed by atoms with Crippen molar-refractivity contribution in [3.05, 3.63) is 0 Å². The molecule has 1 aliphatic rings. The lowest BCUT2D eigenvalue weighted by Gasteiger charge is -2.45. The first-order chi connectivity index (χ1) is 8.05. The van der Waals surface area contributed by atoms with E-state index < -0.39 is 12.3 Å². The molecule has 1 rings (SSSR count). The molecule has 0 saturated carbocycles. The highest BCUT2D eigenvalue weighted by molar-refractivity contribution is 4.93. The van der Waals surface area contributed by atoms with E-state index in [1.165, 1.54) is 0 Å². The second kappa shape index (κ2) is 5.44. The van der Waals surface area contributed by atoms with Crippen LogP contribution < -0.4 is 0 Å². The van der Waals surface area contributed by atoms with Crippen LogP contribution in [0.4, 0.5) is 8.78 Å². The Kier molecular flexibility index (Phi) is 4.80. The fourth-order valence-electron chi connectivity index (χ4n) is 3.46. The molecular formula is C15H28F2O. The number of halogens is 2.